The van der Waals surface area contributed by atoms with Crippen LogP contribution in [0.5, 0.6) is 0 Å². The van der Waals surface area contributed by atoms with Crippen molar-refractivity contribution in [3.63, 3.8) is 0 Å². The zero-order valence-electron chi connectivity index (χ0n) is 9.24. The first-order valence-corrected chi connectivity index (χ1v) is 5.23. The van der Waals surface area contributed by atoms with Gasteiger partial charge < -0.3 is 21.3 Å². The fourth-order valence-corrected chi connectivity index (χ4v) is 1.37. The lowest BCUT2D eigenvalue weighted by molar-refractivity contribution is 0.0692. The number of nitrogens with one attached hydrogen (secondary N) is 1. The van der Waals surface area contributed by atoms with Crippen molar-refractivity contribution in [1.29, 1.82) is 0 Å². The van der Waals surface area contributed by atoms with Gasteiger partial charge in [-0.15, -0.1) is 0 Å². The van der Waals surface area contributed by atoms with Gasteiger partial charge >= 0.3 is 5.97 Å². The number of hydrogen-bond acceptors (Lipinski definition) is 4. The maximum Gasteiger partial charge on any atom is 0.338 e. The van der Waals surface area contributed by atoms with Crippen LogP contribution in [0.4, 0.5) is 15.8 Å². The number of halogens is 1. The van der Waals surface area contributed by atoms with Crippen molar-refractivity contribution >= 4 is 17.3 Å². The summed E-state index contributed by atoms with van der Waals surface area (Å²) >= 11 is 0. The first kappa shape index (κ1) is 13.2. The number of unbranched alkanes of at least 4 members (excludes halogenated alkanes) is 1. The summed E-state index contributed by atoms with van der Waals surface area (Å²) in [5.74, 6) is -2.17. The van der Waals surface area contributed by atoms with E-state index in [2.05, 4.69) is 5.32 Å². The van der Waals surface area contributed by atoms with E-state index in [1.165, 1.54) is 0 Å². The molecule has 1 aromatic carbocycles. The maximum absolute atomic E-state index is 13.3. The molecule has 0 saturated heterocycles. The molecule has 0 saturated carbocycles. The van der Waals surface area contributed by atoms with Gasteiger partial charge in [-0.3, -0.25) is 0 Å². The van der Waals surface area contributed by atoms with Gasteiger partial charge in [0.15, 0.2) is 0 Å². The average Bonchev–Trinajstić information content (AvgIpc) is 2.28. The summed E-state index contributed by atoms with van der Waals surface area (Å²) in [6.45, 7) is 0.639. The minimum Gasteiger partial charge on any atom is -0.478 e. The van der Waals surface area contributed by atoms with Gasteiger partial charge in [0.05, 0.1) is 16.9 Å². The van der Waals surface area contributed by atoms with Crippen molar-refractivity contribution < 1.29 is 19.4 Å². The first-order chi connectivity index (χ1) is 8.06. The van der Waals surface area contributed by atoms with Gasteiger partial charge in [0.1, 0.15) is 5.82 Å². The Balaban J connectivity index is 2.74. The molecule has 5 N–H and O–H groups in total. The summed E-state index contributed by atoms with van der Waals surface area (Å²) < 4.78 is 13.3. The molecular formula is C11H15FN2O3. The number of benzene rings is 1. The minimum absolute atomic E-state index is 0.101. The molecule has 6 heteroatoms. The van der Waals surface area contributed by atoms with E-state index in [1.54, 1.807) is 0 Å². The predicted octanol–water partition coefficient (Wildman–Crippen LogP) is 1.29. The molecule has 0 aliphatic heterocycles. The molecule has 0 aromatic heterocycles. The monoisotopic (exact) mass is 242 g/mol. The predicted molar refractivity (Wildman–Crippen MR) is 62.6 cm³/mol. The molecular weight excluding hydrogens is 227 g/mol. The third-order valence-electron chi connectivity index (χ3n) is 2.27. The Morgan fingerprint density at radius 1 is 1.41 bits per heavy atom. The Kier molecular flexibility index (Phi) is 4.71. The Labute approximate surface area is 98.1 Å². The van der Waals surface area contributed by atoms with Gasteiger partial charge in [-0.25, -0.2) is 9.18 Å². The number of hydrogen-bond donors (Lipinski definition) is 4. The van der Waals surface area contributed by atoms with Gasteiger partial charge in [0.2, 0.25) is 0 Å². The summed E-state index contributed by atoms with van der Waals surface area (Å²) in [5, 5.41) is 20.2. The van der Waals surface area contributed by atoms with E-state index in [0.29, 0.717) is 18.7 Å². The summed E-state index contributed by atoms with van der Waals surface area (Å²) in [6, 6.07) is 2.16. The van der Waals surface area contributed by atoms with Crippen LogP contribution in [-0.4, -0.2) is 29.3 Å². The fourth-order valence-electron chi connectivity index (χ4n) is 1.37. The van der Waals surface area contributed by atoms with Crippen molar-refractivity contribution in [3.8, 4) is 0 Å². The van der Waals surface area contributed by atoms with Crippen LogP contribution < -0.4 is 11.1 Å². The highest BCUT2D eigenvalue weighted by molar-refractivity contribution is 5.90. The van der Waals surface area contributed by atoms with E-state index in [0.717, 1.165) is 18.6 Å². The molecule has 0 aliphatic carbocycles. The van der Waals surface area contributed by atoms with Gasteiger partial charge in [-0.2, -0.15) is 0 Å². The zero-order chi connectivity index (χ0) is 12.8. The van der Waals surface area contributed by atoms with Crippen LogP contribution in [-0.2, 0) is 0 Å². The number of carboxylic acid groups (broad SMARTS) is 1. The third-order valence-corrected chi connectivity index (χ3v) is 2.27. The molecule has 0 bridgehead atoms. The topological polar surface area (TPSA) is 95.6 Å². The second-order valence-corrected chi connectivity index (χ2v) is 3.58. The van der Waals surface area contributed by atoms with Crippen molar-refractivity contribution in [3.05, 3.63) is 23.5 Å². The molecule has 1 aromatic rings. The smallest absolute Gasteiger partial charge is 0.338 e. The first-order valence-electron chi connectivity index (χ1n) is 5.23. The highest BCUT2D eigenvalue weighted by Crippen LogP contribution is 2.23. The third kappa shape index (κ3) is 3.60. The van der Waals surface area contributed by atoms with E-state index in [4.69, 9.17) is 15.9 Å². The molecule has 0 unspecified atom stereocenters. The molecule has 1 rings (SSSR count). The quantitative estimate of drug-likeness (QED) is 0.445. The standard InChI is InChI=1S/C11H15FN2O3/c12-8-6-10(14-3-1-2-4-15)9(13)5-7(8)11(16)17/h5-6,14-15H,1-4,13H2,(H,16,17). The number of aliphatic hydroxyl groups is 1. The number of nitrogens with two attached hydrogens (primary N) is 1. The summed E-state index contributed by atoms with van der Waals surface area (Å²) in [7, 11) is 0. The number of aromatic carboxylic acids is 1. The van der Waals surface area contributed by atoms with Crippen molar-refractivity contribution in [2.45, 2.75) is 12.8 Å². The van der Waals surface area contributed by atoms with Gasteiger partial charge in [0, 0.05) is 13.2 Å². The van der Waals surface area contributed by atoms with E-state index in [-0.39, 0.29) is 12.3 Å². The van der Waals surface area contributed by atoms with Crippen LogP contribution >= 0.6 is 0 Å². The number of rotatable bonds is 6. The number of nitrogen functional groups attached to an aromatic ring is 1. The zero-order valence-corrected chi connectivity index (χ0v) is 9.24. The lowest BCUT2D eigenvalue weighted by Crippen LogP contribution is -2.08. The summed E-state index contributed by atoms with van der Waals surface area (Å²) in [6.07, 6.45) is 1.36. The van der Waals surface area contributed by atoms with Crippen LogP contribution in [0.3, 0.4) is 0 Å². The van der Waals surface area contributed by atoms with Crippen LogP contribution in [0.25, 0.3) is 0 Å². The Bertz CT molecular complexity index is 410. The largest absolute Gasteiger partial charge is 0.478 e. The molecule has 17 heavy (non-hydrogen) atoms. The fraction of sp³-hybridized carbons (Fsp3) is 0.364. The average molecular weight is 242 g/mol. The van der Waals surface area contributed by atoms with Crippen molar-refractivity contribution in [2.24, 2.45) is 0 Å². The summed E-state index contributed by atoms with van der Waals surface area (Å²) in [5.41, 5.74) is 5.71. The number of anilines is 2. The summed E-state index contributed by atoms with van der Waals surface area (Å²) in [4.78, 5) is 10.6. The van der Waals surface area contributed by atoms with Crippen LogP contribution in [0.1, 0.15) is 23.2 Å². The molecule has 0 radical (unpaired) electrons. The Morgan fingerprint density at radius 2 is 2.12 bits per heavy atom. The number of carbonyl (C=O) groups is 1. The van der Waals surface area contributed by atoms with Crippen molar-refractivity contribution in [2.75, 3.05) is 24.2 Å². The minimum atomic E-state index is -1.35. The number of aliphatic hydroxyl groups excluding tert-OH is 1. The van der Waals surface area contributed by atoms with Gasteiger partial charge in [-0.1, -0.05) is 0 Å². The second-order valence-electron chi connectivity index (χ2n) is 3.58. The maximum atomic E-state index is 13.3. The van der Waals surface area contributed by atoms with Crippen molar-refractivity contribution in [1.82, 2.24) is 0 Å². The van der Waals surface area contributed by atoms with E-state index < -0.39 is 17.3 Å². The highest BCUT2D eigenvalue weighted by atomic mass is 19.1. The SMILES string of the molecule is Nc1cc(C(=O)O)c(F)cc1NCCCCO. The molecule has 0 spiro atoms. The lowest BCUT2D eigenvalue weighted by Gasteiger charge is -2.10. The number of carboxylic acids is 1. The van der Waals surface area contributed by atoms with Gasteiger partial charge in [0.25, 0.3) is 0 Å². The molecule has 0 heterocycles. The van der Waals surface area contributed by atoms with Gasteiger partial charge in [-0.05, 0) is 25.0 Å². The molecule has 0 fully saturated rings. The van der Waals surface area contributed by atoms with E-state index in [9.17, 15) is 9.18 Å². The molecule has 0 aliphatic rings. The Morgan fingerprint density at radius 3 is 2.71 bits per heavy atom. The van der Waals surface area contributed by atoms with Crippen LogP contribution in [0.15, 0.2) is 12.1 Å². The second kappa shape index (κ2) is 6.05. The van der Waals surface area contributed by atoms with E-state index in [1.807, 2.05) is 0 Å². The highest BCUT2D eigenvalue weighted by Gasteiger charge is 2.13. The molecule has 94 valence electrons. The molecule has 0 amide bonds. The molecule has 5 nitrogen and oxygen atoms in total. The van der Waals surface area contributed by atoms with E-state index >= 15 is 0 Å². The van der Waals surface area contributed by atoms with Crippen LogP contribution in [0.2, 0.25) is 0 Å². The van der Waals surface area contributed by atoms with Crippen LogP contribution in [0, 0.1) is 5.82 Å². The molecule has 0 atom stereocenters. The normalized spacial score (nSPS) is 10.2. The Hall–Kier alpha value is -1.82. The lowest BCUT2D eigenvalue weighted by atomic mass is 10.1.